The van der Waals surface area contributed by atoms with Crippen LogP contribution in [0.2, 0.25) is 0 Å². The molecule has 0 spiro atoms. The van der Waals surface area contributed by atoms with E-state index in [4.69, 9.17) is 4.74 Å². The molecule has 122 valence electrons. The van der Waals surface area contributed by atoms with Crippen LogP contribution < -0.4 is 5.32 Å². The minimum atomic E-state index is -0.378. The number of esters is 1. The van der Waals surface area contributed by atoms with Gasteiger partial charge < -0.3 is 14.8 Å². The van der Waals surface area contributed by atoms with E-state index in [-0.39, 0.29) is 11.9 Å². The summed E-state index contributed by atoms with van der Waals surface area (Å²) in [4.78, 5) is 22.8. The predicted molar refractivity (Wildman–Crippen MR) is 87.7 cm³/mol. The molecule has 2 aromatic rings. The van der Waals surface area contributed by atoms with Gasteiger partial charge in [-0.1, -0.05) is 0 Å². The maximum atomic E-state index is 11.9. The Morgan fingerprint density at radius 2 is 2.09 bits per heavy atom. The minimum absolute atomic E-state index is 0.193. The molecule has 1 aliphatic rings. The lowest BCUT2D eigenvalue weighted by atomic mass is 9.87. The second kappa shape index (κ2) is 6.40. The van der Waals surface area contributed by atoms with Gasteiger partial charge in [0.25, 0.3) is 0 Å². The smallest absolute Gasteiger partial charge is 0.340 e. The van der Waals surface area contributed by atoms with E-state index in [2.05, 4.69) is 10.4 Å². The third-order valence-electron chi connectivity index (χ3n) is 4.64. The van der Waals surface area contributed by atoms with Crippen molar-refractivity contribution in [3.63, 3.8) is 0 Å². The van der Waals surface area contributed by atoms with Gasteiger partial charge in [0.05, 0.1) is 24.2 Å². The summed E-state index contributed by atoms with van der Waals surface area (Å²) in [5, 5.41) is 8.65. The summed E-state index contributed by atoms with van der Waals surface area (Å²) in [7, 11) is 3.15. The largest absolute Gasteiger partial charge is 0.465 e. The van der Waals surface area contributed by atoms with Crippen molar-refractivity contribution >= 4 is 28.8 Å². The van der Waals surface area contributed by atoms with E-state index in [0.717, 1.165) is 48.6 Å². The normalized spacial score (nSPS) is 21.1. The first-order valence-electron chi connectivity index (χ1n) is 7.90. The van der Waals surface area contributed by atoms with Crippen LogP contribution in [0.15, 0.2) is 18.3 Å². The molecule has 6 heteroatoms. The highest BCUT2D eigenvalue weighted by molar-refractivity contribution is 6.00. The predicted octanol–water partition coefficient (Wildman–Crippen LogP) is 2.79. The molecule has 1 aliphatic carbocycles. The molecule has 0 amide bonds. The number of benzene rings is 1. The summed E-state index contributed by atoms with van der Waals surface area (Å²) < 4.78 is 6.81. The van der Waals surface area contributed by atoms with Gasteiger partial charge in [-0.2, -0.15) is 5.10 Å². The summed E-state index contributed by atoms with van der Waals surface area (Å²) >= 11 is 0. The van der Waals surface area contributed by atoms with Crippen LogP contribution in [0.3, 0.4) is 0 Å². The van der Waals surface area contributed by atoms with Crippen molar-refractivity contribution in [2.75, 3.05) is 19.5 Å². The molecule has 23 heavy (non-hydrogen) atoms. The average Bonchev–Trinajstić information content (AvgIpc) is 3.02. The van der Waals surface area contributed by atoms with Crippen molar-refractivity contribution in [3.8, 4) is 0 Å². The molecule has 0 radical (unpaired) electrons. The number of aromatic nitrogens is 2. The monoisotopic (exact) mass is 315 g/mol. The molecule has 6 nitrogen and oxygen atoms in total. The van der Waals surface area contributed by atoms with E-state index >= 15 is 0 Å². The Bertz CT molecular complexity index is 730. The van der Waals surface area contributed by atoms with E-state index < -0.39 is 0 Å². The van der Waals surface area contributed by atoms with E-state index in [1.807, 2.05) is 16.9 Å². The first-order valence-corrected chi connectivity index (χ1v) is 7.90. The summed E-state index contributed by atoms with van der Waals surface area (Å²) in [5.74, 6) is -0.185. The molecule has 1 aromatic carbocycles. The van der Waals surface area contributed by atoms with Crippen LogP contribution in [-0.2, 0) is 9.53 Å². The van der Waals surface area contributed by atoms with Crippen molar-refractivity contribution < 1.29 is 14.3 Å². The molecule has 1 fully saturated rings. The number of carbonyl (C=O) groups excluding carboxylic acids is 2. The lowest BCUT2D eigenvalue weighted by Crippen LogP contribution is -2.19. The second-order valence-corrected chi connectivity index (χ2v) is 6.01. The van der Waals surface area contributed by atoms with Crippen molar-refractivity contribution in [1.82, 2.24) is 9.78 Å². The highest BCUT2D eigenvalue weighted by Crippen LogP contribution is 2.32. The molecule has 3 rings (SSSR count). The van der Waals surface area contributed by atoms with E-state index in [9.17, 15) is 9.59 Å². The summed E-state index contributed by atoms with van der Waals surface area (Å²) in [6.45, 7) is 0. The van der Waals surface area contributed by atoms with Crippen LogP contribution in [-0.4, -0.2) is 36.2 Å². The number of anilines is 1. The molecular weight excluding hydrogens is 294 g/mol. The van der Waals surface area contributed by atoms with Gasteiger partial charge in [-0.05, 0) is 37.8 Å². The molecule has 1 heterocycles. The second-order valence-electron chi connectivity index (χ2n) is 6.01. The van der Waals surface area contributed by atoms with Gasteiger partial charge in [0.15, 0.2) is 0 Å². The summed E-state index contributed by atoms with van der Waals surface area (Å²) in [6.07, 6.45) is 6.83. The Labute approximate surface area is 134 Å². The zero-order valence-electron chi connectivity index (χ0n) is 13.4. The number of aldehydes is 1. The van der Waals surface area contributed by atoms with Gasteiger partial charge >= 0.3 is 5.97 Å². The van der Waals surface area contributed by atoms with Gasteiger partial charge in [-0.15, -0.1) is 0 Å². The van der Waals surface area contributed by atoms with Gasteiger partial charge in [-0.25, -0.2) is 4.79 Å². The van der Waals surface area contributed by atoms with Gasteiger partial charge in [0.1, 0.15) is 6.29 Å². The van der Waals surface area contributed by atoms with Gasteiger partial charge in [0.2, 0.25) is 0 Å². The number of hydrogen-bond acceptors (Lipinski definition) is 5. The van der Waals surface area contributed by atoms with Crippen LogP contribution >= 0.6 is 0 Å². The molecular formula is C17H21N3O3. The van der Waals surface area contributed by atoms with E-state index in [1.54, 1.807) is 13.1 Å². The fourth-order valence-electron chi connectivity index (χ4n) is 3.27. The first kappa shape index (κ1) is 15.5. The SMILES string of the molecule is CNc1cc2cn([C@H]3CC[C@H](C=O)CC3)nc2cc1C(=O)OC. The number of nitrogens with zero attached hydrogens (tertiary/aromatic N) is 2. The molecule has 0 unspecified atom stereocenters. The van der Waals surface area contributed by atoms with Crippen molar-refractivity contribution in [2.45, 2.75) is 31.7 Å². The lowest BCUT2D eigenvalue weighted by molar-refractivity contribution is -0.112. The zero-order valence-corrected chi connectivity index (χ0v) is 13.4. The quantitative estimate of drug-likeness (QED) is 0.694. The van der Waals surface area contributed by atoms with E-state index in [0.29, 0.717) is 11.6 Å². The first-order chi connectivity index (χ1) is 11.2. The molecule has 0 atom stereocenters. The number of rotatable bonds is 4. The van der Waals surface area contributed by atoms with Crippen molar-refractivity contribution in [2.24, 2.45) is 5.92 Å². The Morgan fingerprint density at radius 1 is 1.35 bits per heavy atom. The number of ether oxygens (including phenoxy) is 1. The van der Waals surface area contributed by atoms with Crippen LogP contribution in [0, 0.1) is 5.92 Å². The highest BCUT2D eigenvalue weighted by atomic mass is 16.5. The highest BCUT2D eigenvalue weighted by Gasteiger charge is 2.23. The molecule has 1 aromatic heterocycles. The molecule has 1 saturated carbocycles. The maximum Gasteiger partial charge on any atom is 0.340 e. The third kappa shape index (κ3) is 2.93. The third-order valence-corrected chi connectivity index (χ3v) is 4.64. The lowest BCUT2D eigenvalue weighted by Gasteiger charge is -2.25. The molecule has 0 bridgehead atoms. The topological polar surface area (TPSA) is 73.2 Å². The van der Waals surface area contributed by atoms with Crippen molar-refractivity contribution in [1.29, 1.82) is 0 Å². The number of nitrogens with one attached hydrogen (secondary N) is 1. The standard InChI is InChI=1S/C17H21N3O3/c1-18-16-7-12-9-20(13-5-3-11(10-21)4-6-13)19-15(12)8-14(16)17(22)23-2/h7-11,13,18H,3-6H2,1-2H3/t11-,13-. The van der Waals surface area contributed by atoms with Crippen LogP contribution in [0.5, 0.6) is 0 Å². The van der Waals surface area contributed by atoms with Gasteiger partial charge in [-0.3, -0.25) is 4.68 Å². The van der Waals surface area contributed by atoms with Crippen LogP contribution in [0.4, 0.5) is 5.69 Å². The Kier molecular flexibility index (Phi) is 4.32. The zero-order chi connectivity index (χ0) is 16.4. The van der Waals surface area contributed by atoms with Gasteiger partial charge in [0, 0.05) is 30.2 Å². The summed E-state index contributed by atoms with van der Waals surface area (Å²) in [5.41, 5.74) is 1.99. The number of hydrogen-bond donors (Lipinski definition) is 1. The summed E-state index contributed by atoms with van der Waals surface area (Å²) in [6, 6.07) is 4.00. The van der Waals surface area contributed by atoms with E-state index in [1.165, 1.54) is 7.11 Å². The fraction of sp³-hybridized carbons (Fsp3) is 0.471. The Balaban J connectivity index is 1.92. The average molecular weight is 315 g/mol. The number of methoxy groups -OCH3 is 1. The fourth-order valence-corrected chi connectivity index (χ4v) is 3.27. The van der Waals surface area contributed by atoms with Crippen LogP contribution in [0.1, 0.15) is 42.1 Å². The minimum Gasteiger partial charge on any atom is -0.465 e. The number of carbonyl (C=O) groups is 2. The molecule has 0 aliphatic heterocycles. The van der Waals surface area contributed by atoms with Crippen LogP contribution in [0.25, 0.3) is 10.9 Å². The number of fused-ring (bicyclic) bond motifs is 1. The maximum absolute atomic E-state index is 11.9. The molecule has 0 saturated heterocycles. The Hall–Kier alpha value is -2.37. The van der Waals surface area contributed by atoms with Crippen molar-refractivity contribution in [3.05, 3.63) is 23.9 Å². The Morgan fingerprint density at radius 3 is 2.70 bits per heavy atom. The molecule has 1 N–H and O–H groups in total.